The minimum atomic E-state index is -0.367. The molecule has 1 heterocycles. The molecule has 1 saturated heterocycles. The lowest BCUT2D eigenvalue weighted by molar-refractivity contribution is -0.0851. The molecule has 2 aromatic rings. The first-order valence-corrected chi connectivity index (χ1v) is 11.6. The van der Waals surface area contributed by atoms with Crippen LogP contribution in [0.3, 0.4) is 0 Å². The molecule has 1 aliphatic heterocycles. The van der Waals surface area contributed by atoms with Gasteiger partial charge in [-0.1, -0.05) is 31.2 Å². The van der Waals surface area contributed by atoms with Crippen LogP contribution in [-0.4, -0.2) is 44.0 Å². The number of carbonyl (C=O) groups excluding carboxylic acids is 1. The average Bonchev–Trinajstić information content (AvgIpc) is 2.80. The second-order valence-corrected chi connectivity index (χ2v) is 9.46. The summed E-state index contributed by atoms with van der Waals surface area (Å²) in [6, 6.07) is 12.8. The van der Waals surface area contributed by atoms with Crippen LogP contribution in [0.15, 0.2) is 42.5 Å². The molecule has 1 unspecified atom stereocenters. The lowest BCUT2D eigenvalue weighted by atomic mass is 9.67. The van der Waals surface area contributed by atoms with Crippen molar-refractivity contribution in [2.24, 2.45) is 0 Å². The van der Waals surface area contributed by atoms with Crippen LogP contribution in [0.1, 0.15) is 56.7 Å². The molecular formula is C27H36FNO4. The van der Waals surface area contributed by atoms with Crippen molar-refractivity contribution >= 4 is 6.09 Å². The Morgan fingerprint density at radius 1 is 1.15 bits per heavy atom. The van der Waals surface area contributed by atoms with Crippen molar-refractivity contribution in [2.75, 3.05) is 27.4 Å². The Balaban J connectivity index is 1.85. The molecule has 0 saturated carbocycles. The van der Waals surface area contributed by atoms with Crippen LogP contribution in [0.5, 0.6) is 5.75 Å². The number of nitrogens with zero attached hydrogens (tertiary/aromatic N) is 1. The molecular weight excluding hydrogens is 421 g/mol. The van der Waals surface area contributed by atoms with Crippen molar-refractivity contribution in [3.05, 3.63) is 65.0 Å². The van der Waals surface area contributed by atoms with Crippen molar-refractivity contribution in [1.29, 1.82) is 0 Å². The fourth-order valence-electron chi connectivity index (χ4n) is 5.00. The molecule has 1 fully saturated rings. The molecule has 0 aliphatic carbocycles. The number of hydrogen-bond acceptors (Lipinski definition) is 4. The van der Waals surface area contributed by atoms with E-state index in [1.54, 1.807) is 12.0 Å². The zero-order valence-corrected chi connectivity index (χ0v) is 20.4. The van der Waals surface area contributed by atoms with Crippen molar-refractivity contribution in [1.82, 2.24) is 4.90 Å². The molecule has 6 heteroatoms. The van der Waals surface area contributed by atoms with Crippen LogP contribution in [0.2, 0.25) is 0 Å². The second kappa shape index (κ2) is 10.6. The molecule has 0 bridgehead atoms. The van der Waals surface area contributed by atoms with Crippen molar-refractivity contribution in [3.8, 4) is 5.75 Å². The molecule has 2 aromatic carbocycles. The summed E-state index contributed by atoms with van der Waals surface area (Å²) >= 11 is 0. The molecule has 0 radical (unpaired) electrons. The molecule has 0 aromatic heterocycles. The summed E-state index contributed by atoms with van der Waals surface area (Å²) in [6.07, 6.45) is 2.84. The van der Waals surface area contributed by atoms with Gasteiger partial charge in [-0.05, 0) is 74.4 Å². The van der Waals surface area contributed by atoms with Crippen LogP contribution in [0.4, 0.5) is 9.18 Å². The van der Waals surface area contributed by atoms with Gasteiger partial charge in [-0.2, -0.15) is 0 Å². The van der Waals surface area contributed by atoms with Crippen LogP contribution < -0.4 is 4.74 Å². The highest BCUT2D eigenvalue weighted by Crippen LogP contribution is 2.44. The summed E-state index contributed by atoms with van der Waals surface area (Å²) in [5, 5.41) is 0. The van der Waals surface area contributed by atoms with E-state index in [0.29, 0.717) is 19.7 Å². The summed E-state index contributed by atoms with van der Waals surface area (Å²) in [5.74, 6) is 0.578. The monoisotopic (exact) mass is 457 g/mol. The van der Waals surface area contributed by atoms with E-state index >= 15 is 0 Å². The van der Waals surface area contributed by atoms with E-state index in [1.165, 1.54) is 19.2 Å². The number of amides is 1. The Morgan fingerprint density at radius 2 is 1.88 bits per heavy atom. The fraction of sp³-hybridized carbons (Fsp3) is 0.519. The van der Waals surface area contributed by atoms with Gasteiger partial charge < -0.3 is 19.1 Å². The third kappa shape index (κ3) is 6.05. The molecule has 1 amide bonds. The summed E-state index contributed by atoms with van der Waals surface area (Å²) < 4.78 is 30.3. The van der Waals surface area contributed by atoms with Crippen LogP contribution in [-0.2, 0) is 27.9 Å². The molecule has 33 heavy (non-hydrogen) atoms. The van der Waals surface area contributed by atoms with Crippen LogP contribution >= 0.6 is 0 Å². The zero-order valence-electron chi connectivity index (χ0n) is 20.4. The van der Waals surface area contributed by atoms with E-state index in [4.69, 9.17) is 14.2 Å². The summed E-state index contributed by atoms with van der Waals surface area (Å²) in [7, 11) is 3.07. The number of rotatable bonds is 8. The minimum Gasteiger partial charge on any atom is -0.496 e. The van der Waals surface area contributed by atoms with Gasteiger partial charge in [0.25, 0.3) is 0 Å². The second-order valence-electron chi connectivity index (χ2n) is 9.46. The van der Waals surface area contributed by atoms with Gasteiger partial charge in [0.15, 0.2) is 0 Å². The van der Waals surface area contributed by atoms with Gasteiger partial charge in [-0.15, -0.1) is 0 Å². The van der Waals surface area contributed by atoms with Crippen molar-refractivity contribution < 1.29 is 23.4 Å². The Hall–Kier alpha value is -2.60. The van der Waals surface area contributed by atoms with Crippen molar-refractivity contribution in [2.45, 2.75) is 64.0 Å². The summed E-state index contributed by atoms with van der Waals surface area (Å²) in [4.78, 5) is 14.4. The van der Waals surface area contributed by atoms with E-state index in [2.05, 4.69) is 20.8 Å². The maximum absolute atomic E-state index is 13.7. The predicted molar refractivity (Wildman–Crippen MR) is 127 cm³/mol. The topological polar surface area (TPSA) is 48.0 Å². The lowest BCUT2D eigenvalue weighted by Crippen LogP contribution is -2.46. The molecule has 0 N–H and O–H groups in total. The molecule has 180 valence electrons. The van der Waals surface area contributed by atoms with Gasteiger partial charge in [0, 0.05) is 25.1 Å². The van der Waals surface area contributed by atoms with Gasteiger partial charge in [-0.3, -0.25) is 0 Å². The van der Waals surface area contributed by atoms with Crippen LogP contribution in [0, 0.1) is 5.82 Å². The maximum Gasteiger partial charge on any atom is 0.409 e. The van der Waals surface area contributed by atoms with Gasteiger partial charge in [-0.25, -0.2) is 9.18 Å². The largest absolute Gasteiger partial charge is 0.496 e. The normalized spacial score (nSPS) is 19.7. The van der Waals surface area contributed by atoms with Crippen LogP contribution in [0.25, 0.3) is 0 Å². The molecule has 0 spiro atoms. The number of methoxy groups -OCH3 is 2. The highest BCUT2D eigenvalue weighted by atomic mass is 19.1. The Labute approximate surface area is 196 Å². The Kier molecular flexibility index (Phi) is 8.01. The minimum absolute atomic E-state index is 0.217. The van der Waals surface area contributed by atoms with Gasteiger partial charge in [0.1, 0.15) is 11.6 Å². The highest BCUT2D eigenvalue weighted by molar-refractivity contribution is 5.67. The first-order valence-electron chi connectivity index (χ1n) is 11.6. The smallest absolute Gasteiger partial charge is 0.409 e. The quantitative estimate of drug-likeness (QED) is 0.496. The number of benzene rings is 2. The Morgan fingerprint density at radius 3 is 2.48 bits per heavy atom. The number of carbonyl (C=O) groups is 1. The first-order chi connectivity index (χ1) is 15.7. The van der Waals surface area contributed by atoms with E-state index in [1.807, 2.05) is 30.3 Å². The number of hydrogen-bond donors (Lipinski definition) is 0. The molecule has 5 nitrogen and oxygen atoms in total. The van der Waals surface area contributed by atoms with Gasteiger partial charge in [0.2, 0.25) is 0 Å². The lowest BCUT2D eigenvalue weighted by Gasteiger charge is -2.46. The Bertz CT molecular complexity index is 944. The number of ether oxygens (including phenoxy) is 3. The molecule has 1 aliphatic rings. The van der Waals surface area contributed by atoms with Crippen molar-refractivity contribution in [3.63, 3.8) is 0 Å². The highest BCUT2D eigenvalue weighted by Gasteiger charge is 2.42. The molecule has 1 atom stereocenters. The van der Waals surface area contributed by atoms with E-state index < -0.39 is 0 Å². The summed E-state index contributed by atoms with van der Waals surface area (Å²) in [6.45, 7) is 7.82. The fourth-order valence-corrected chi connectivity index (χ4v) is 5.00. The predicted octanol–water partition coefficient (Wildman–Crippen LogP) is 5.88. The zero-order chi connectivity index (χ0) is 24.1. The number of aryl methyl sites for hydroxylation is 1. The maximum atomic E-state index is 13.7. The van der Waals surface area contributed by atoms with Gasteiger partial charge in [0.05, 0.1) is 19.8 Å². The third-order valence-electron chi connectivity index (χ3n) is 6.69. The number of halogens is 1. The van der Waals surface area contributed by atoms with E-state index in [9.17, 15) is 9.18 Å². The SMILES string of the molecule is CCc1ccc(CN(CCC2(c3ccc(F)cc3)CCOC(C)(C)C2)C(=O)OC)cc1OC. The average molecular weight is 458 g/mol. The standard InChI is InChI=1S/C27H36FNO4/c1-6-21-8-7-20(17-24(21)31-4)18-29(25(30)32-5)15-13-27(14-16-33-26(2,3)19-27)22-9-11-23(28)12-10-22/h7-12,17H,6,13-16,18-19H2,1-5H3. The van der Waals surface area contributed by atoms with Gasteiger partial charge >= 0.3 is 6.09 Å². The summed E-state index contributed by atoms with van der Waals surface area (Å²) in [5.41, 5.74) is 2.68. The van der Waals surface area contributed by atoms with E-state index in [-0.39, 0.29) is 22.9 Å². The first kappa shape index (κ1) is 25.0. The molecule has 3 rings (SSSR count). The van der Waals surface area contributed by atoms with E-state index in [0.717, 1.165) is 48.1 Å². The third-order valence-corrected chi connectivity index (χ3v) is 6.69.